The molecular weight excluding hydrogens is 244 g/mol. The highest BCUT2D eigenvalue weighted by atomic mass is 16.5. The zero-order valence-corrected chi connectivity index (χ0v) is 12.3. The Morgan fingerprint density at radius 2 is 2.21 bits per heavy atom. The standard InChI is InChI=1S/C14H28N2O3/c1-14(2,3)12(16-13(17)18)11(8-15)7-10-5-4-6-19-9-10/h10-12,16H,4-9,15H2,1-3H3,(H,17,18)/t10-,11+,12?/m1/s1. The lowest BCUT2D eigenvalue weighted by Gasteiger charge is -2.38. The summed E-state index contributed by atoms with van der Waals surface area (Å²) in [6, 6.07) is -0.128. The number of rotatable bonds is 5. The van der Waals surface area contributed by atoms with Gasteiger partial charge < -0.3 is 20.9 Å². The Balaban J connectivity index is 2.68. The monoisotopic (exact) mass is 272 g/mol. The first-order valence-electron chi connectivity index (χ1n) is 7.12. The normalized spacial score (nSPS) is 23.7. The van der Waals surface area contributed by atoms with Crippen LogP contribution in [0.1, 0.15) is 40.0 Å². The van der Waals surface area contributed by atoms with Crippen molar-refractivity contribution < 1.29 is 14.6 Å². The quantitative estimate of drug-likeness (QED) is 0.715. The SMILES string of the molecule is CC(C)(C)C(NC(=O)O)[C@H](CN)C[C@H]1CCCOC1. The third-order valence-corrected chi connectivity index (χ3v) is 3.88. The molecule has 1 unspecified atom stereocenters. The van der Waals surface area contributed by atoms with Gasteiger partial charge in [-0.2, -0.15) is 0 Å². The number of hydrogen-bond donors (Lipinski definition) is 3. The fourth-order valence-corrected chi connectivity index (χ4v) is 2.96. The zero-order chi connectivity index (χ0) is 14.5. The van der Waals surface area contributed by atoms with Crippen molar-refractivity contribution in [3.63, 3.8) is 0 Å². The fraction of sp³-hybridized carbons (Fsp3) is 0.929. The maximum Gasteiger partial charge on any atom is 0.404 e. The minimum atomic E-state index is -0.974. The lowest BCUT2D eigenvalue weighted by molar-refractivity contribution is 0.0381. The van der Waals surface area contributed by atoms with Gasteiger partial charge in [0.15, 0.2) is 0 Å². The average molecular weight is 272 g/mol. The molecule has 0 saturated carbocycles. The van der Waals surface area contributed by atoms with Gasteiger partial charge in [0.2, 0.25) is 0 Å². The number of carboxylic acid groups (broad SMARTS) is 1. The van der Waals surface area contributed by atoms with Gasteiger partial charge in [0.1, 0.15) is 0 Å². The van der Waals surface area contributed by atoms with E-state index in [1.54, 1.807) is 0 Å². The summed E-state index contributed by atoms with van der Waals surface area (Å²) in [6.07, 6.45) is 2.20. The second-order valence-corrected chi connectivity index (χ2v) is 6.61. The molecule has 0 spiro atoms. The van der Waals surface area contributed by atoms with Crippen LogP contribution in [0.15, 0.2) is 0 Å². The number of hydrogen-bond acceptors (Lipinski definition) is 3. The Kier molecular flexibility index (Phi) is 6.07. The fourth-order valence-electron chi connectivity index (χ4n) is 2.96. The third-order valence-electron chi connectivity index (χ3n) is 3.88. The predicted molar refractivity (Wildman–Crippen MR) is 75.1 cm³/mol. The second-order valence-electron chi connectivity index (χ2n) is 6.61. The number of nitrogens with one attached hydrogen (secondary N) is 1. The summed E-state index contributed by atoms with van der Waals surface area (Å²) in [6.45, 7) is 8.27. The predicted octanol–water partition coefficient (Wildman–Crippen LogP) is 2.06. The van der Waals surface area contributed by atoms with Crippen LogP contribution in [0.2, 0.25) is 0 Å². The highest BCUT2D eigenvalue weighted by Gasteiger charge is 2.34. The third kappa shape index (κ3) is 5.37. The van der Waals surface area contributed by atoms with E-state index in [4.69, 9.17) is 15.6 Å². The molecule has 3 atom stereocenters. The summed E-state index contributed by atoms with van der Waals surface area (Å²) in [5, 5.41) is 11.7. The molecule has 1 saturated heterocycles. The largest absolute Gasteiger partial charge is 0.465 e. The summed E-state index contributed by atoms with van der Waals surface area (Å²) in [7, 11) is 0. The van der Waals surface area contributed by atoms with E-state index in [9.17, 15) is 4.79 Å². The first-order chi connectivity index (χ1) is 8.84. The van der Waals surface area contributed by atoms with Gasteiger partial charge in [0.25, 0.3) is 0 Å². The minimum Gasteiger partial charge on any atom is -0.465 e. The second kappa shape index (κ2) is 7.10. The highest BCUT2D eigenvalue weighted by molar-refractivity contribution is 5.65. The van der Waals surface area contributed by atoms with Crippen LogP contribution in [0.25, 0.3) is 0 Å². The number of ether oxygens (including phenoxy) is 1. The first kappa shape index (κ1) is 16.2. The molecule has 1 amide bonds. The maximum absolute atomic E-state index is 11.0. The van der Waals surface area contributed by atoms with Gasteiger partial charge in [-0.1, -0.05) is 20.8 Å². The summed E-state index contributed by atoms with van der Waals surface area (Å²) in [5.41, 5.74) is 5.75. The van der Waals surface area contributed by atoms with Crippen molar-refractivity contribution in [3.8, 4) is 0 Å². The van der Waals surface area contributed by atoms with E-state index in [0.717, 1.165) is 32.5 Å². The van der Waals surface area contributed by atoms with E-state index in [0.29, 0.717) is 12.5 Å². The van der Waals surface area contributed by atoms with Crippen molar-refractivity contribution in [2.75, 3.05) is 19.8 Å². The van der Waals surface area contributed by atoms with E-state index in [-0.39, 0.29) is 17.4 Å². The average Bonchev–Trinajstić information content (AvgIpc) is 2.33. The van der Waals surface area contributed by atoms with Gasteiger partial charge in [0, 0.05) is 19.3 Å². The van der Waals surface area contributed by atoms with Gasteiger partial charge in [-0.15, -0.1) is 0 Å². The van der Waals surface area contributed by atoms with Crippen LogP contribution in [-0.2, 0) is 4.74 Å². The van der Waals surface area contributed by atoms with Gasteiger partial charge in [0.05, 0.1) is 0 Å². The molecule has 19 heavy (non-hydrogen) atoms. The topological polar surface area (TPSA) is 84.6 Å². The van der Waals surface area contributed by atoms with Crippen LogP contribution in [0.4, 0.5) is 4.79 Å². The Bertz CT molecular complexity index is 283. The number of nitrogens with two attached hydrogens (primary N) is 1. The summed E-state index contributed by atoms with van der Waals surface area (Å²) < 4.78 is 5.50. The molecular formula is C14H28N2O3. The lowest BCUT2D eigenvalue weighted by atomic mass is 9.75. The van der Waals surface area contributed by atoms with E-state index >= 15 is 0 Å². The Hall–Kier alpha value is -0.810. The number of carbonyl (C=O) groups is 1. The maximum atomic E-state index is 11.0. The zero-order valence-electron chi connectivity index (χ0n) is 12.3. The van der Waals surface area contributed by atoms with Gasteiger partial charge >= 0.3 is 6.09 Å². The first-order valence-corrected chi connectivity index (χ1v) is 7.12. The van der Waals surface area contributed by atoms with Gasteiger partial charge in [-0.3, -0.25) is 0 Å². The molecule has 0 aromatic carbocycles. The van der Waals surface area contributed by atoms with E-state index in [1.807, 2.05) is 20.8 Å². The molecule has 1 heterocycles. The molecule has 5 nitrogen and oxygen atoms in total. The molecule has 1 aliphatic rings. The van der Waals surface area contributed by atoms with Crippen LogP contribution in [0.5, 0.6) is 0 Å². The molecule has 1 fully saturated rings. The van der Waals surface area contributed by atoms with Crippen molar-refractivity contribution in [1.29, 1.82) is 0 Å². The van der Waals surface area contributed by atoms with E-state index in [1.165, 1.54) is 0 Å². The van der Waals surface area contributed by atoms with Crippen LogP contribution in [0.3, 0.4) is 0 Å². The van der Waals surface area contributed by atoms with Crippen LogP contribution < -0.4 is 11.1 Å². The van der Waals surface area contributed by atoms with Gasteiger partial charge in [-0.05, 0) is 43.1 Å². The minimum absolute atomic E-state index is 0.128. The molecule has 1 rings (SSSR count). The molecule has 0 radical (unpaired) electrons. The van der Waals surface area contributed by atoms with Crippen LogP contribution >= 0.6 is 0 Å². The van der Waals surface area contributed by atoms with E-state index in [2.05, 4.69) is 5.32 Å². The molecule has 4 N–H and O–H groups in total. The molecule has 0 aromatic rings. The summed E-state index contributed by atoms with van der Waals surface area (Å²) >= 11 is 0. The molecule has 5 heteroatoms. The van der Waals surface area contributed by atoms with Crippen LogP contribution in [-0.4, -0.2) is 37.0 Å². The highest BCUT2D eigenvalue weighted by Crippen LogP contribution is 2.31. The van der Waals surface area contributed by atoms with Crippen molar-refractivity contribution >= 4 is 6.09 Å². The molecule has 112 valence electrons. The molecule has 0 aliphatic carbocycles. The smallest absolute Gasteiger partial charge is 0.404 e. The van der Waals surface area contributed by atoms with Crippen molar-refractivity contribution in [1.82, 2.24) is 5.32 Å². The number of amides is 1. The lowest BCUT2D eigenvalue weighted by Crippen LogP contribution is -2.51. The van der Waals surface area contributed by atoms with E-state index < -0.39 is 6.09 Å². The Morgan fingerprint density at radius 3 is 2.63 bits per heavy atom. The van der Waals surface area contributed by atoms with Crippen molar-refractivity contribution in [2.45, 2.75) is 46.1 Å². The van der Waals surface area contributed by atoms with Crippen molar-refractivity contribution in [2.24, 2.45) is 23.0 Å². The van der Waals surface area contributed by atoms with Crippen LogP contribution in [0, 0.1) is 17.3 Å². The molecule has 0 aromatic heterocycles. The summed E-state index contributed by atoms with van der Waals surface area (Å²) in [4.78, 5) is 11.0. The Labute approximate surface area is 115 Å². The molecule has 0 bridgehead atoms. The molecule has 1 aliphatic heterocycles. The van der Waals surface area contributed by atoms with Gasteiger partial charge in [-0.25, -0.2) is 4.79 Å². The Morgan fingerprint density at radius 1 is 1.53 bits per heavy atom. The summed E-state index contributed by atoms with van der Waals surface area (Å²) in [5.74, 6) is 0.658. The van der Waals surface area contributed by atoms with Crippen molar-refractivity contribution in [3.05, 3.63) is 0 Å².